The normalized spacial score (nSPS) is 10.8. The predicted molar refractivity (Wildman–Crippen MR) is 84.8 cm³/mol. The summed E-state index contributed by atoms with van der Waals surface area (Å²) in [7, 11) is 0. The number of nitro groups is 1. The second-order valence-corrected chi connectivity index (χ2v) is 5.04. The summed E-state index contributed by atoms with van der Waals surface area (Å²) in [6.07, 6.45) is 4.64. The fourth-order valence-corrected chi connectivity index (χ4v) is 2.18. The van der Waals surface area contributed by atoms with Gasteiger partial charge < -0.3 is 9.64 Å². The molecule has 21 heavy (non-hydrogen) atoms. The molecule has 1 aromatic carbocycles. The molecule has 5 heteroatoms. The maximum absolute atomic E-state index is 10.5. The van der Waals surface area contributed by atoms with Gasteiger partial charge in [0.15, 0.2) is 0 Å². The number of nitro benzene ring substituents is 1. The maximum Gasteiger partial charge on any atom is 0.269 e. The number of unbranched alkanes of at least 4 members (excludes halogenated alkanes) is 3. The van der Waals surface area contributed by atoms with E-state index in [0.29, 0.717) is 12.4 Å². The molecule has 0 aliphatic rings. The molecule has 0 fully saturated rings. The van der Waals surface area contributed by atoms with Gasteiger partial charge >= 0.3 is 0 Å². The summed E-state index contributed by atoms with van der Waals surface area (Å²) in [5, 5.41) is 10.5. The number of benzene rings is 1. The number of rotatable bonds is 11. The molecule has 5 nitrogen and oxygen atoms in total. The summed E-state index contributed by atoms with van der Waals surface area (Å²) in [6.45, 7) is 8.49. The zero-order valence-electron chi connectivity index (χ0n) is 13.1. The lowest BCUT2D eigenvalue weighted by atomic mass is 10.2. The van der Waals surface area contributed by atoms with Gasteiger partial charge in [-0.05, 0) is 44.6 Å². The molecule has 0 N–H and O–H groups in total. The lowest BCUT2D eigenvalue weighted by Gasteiger charge is -2.17. The standard InChI is InChI=1S/C16H26N2O3/c1-3-17(4-2)13-7-5-6-8-14-21-16-11-9-15(10-12-16)18(19)20/h9-12H,3-8,13-14H2,1-2H3. The Morgan fingerprint density at radius 2 is 1.67 bits per heavy atom. The van der Waals surface area contributed by atoms with Crippen LogP contribution in [0, 0.1) is 10.1 Å². The van der Waals surface area contributed by atoms with Crippen molar-refractivity contribution in [3.05, 3.63) is 34.4 Å². The highest BCUT2D eigenvalue weighted by Crippen LogP contribution is 2.17. The molecule has 0 aliphatic carbocycles. The van der Waals surface area contributed by atoms with Crippen LogP contribution in [-0.4, -0.2) is 36.1 Å². The van der Waals surface area contributed by atoms with E-state index in [1.165, 1.54) is 31.5 Å². The van der Waals surface area contributed by atoms with Crippen molar-refractivity contribution in [3.8, 4) is 5.75 Å². The molecule has 0 atom stereocenters. The molecule has 0 aromatic heterocycles. The molecule has 118 valence electrons. The maximum atomic E-state index is 10.5. The second kappa shape index (κ2) is 10.2. The van der Waals surface area contributed by atoms with E-state index >= 15 is 0 Å². The highest BCUT2D eigenvalue weighted by atomic mass is 16.6. The van der Waals surface area contributed by atoms with E-state index in [1.54, 1.807) is 12.1 Å². The third kappa shape index (κ3) is 7.09. The summed E-state index contributed by atoms with van der Waals surface area (Å²) in [5.41, 5.74) is 0.0961. The van der Waals surface area contributed by atoms with E-state index < -0.39 is 4.92 Å². The lowest BCUT2D eigenvalue weighted by molar-refractivity contribution is -0.384. The second-order valence-electron chi connectivity index (χ2n) is 5.04. The molecule has 0 spiro atoms. The summed E-state index contributed by atoms with van der Waals surface area (Å²) < 4.78 is 5.58. The topological polar surface area (TPSA) is 55.6 Å². The predicted octanol–water partition coefficient (Wildman–Crippen LogP) is 3.88. The van der Waals surface area contributed by atoms with Crippen molar-refractivity contribution < 1.29 is 9.66 Å². The smallest absolute Gasteiger partial charge is 0.269 e. The molecule has 0 bridgehead atoms. The van der Waals surface area contributed by atoms with E-state index in [1.807, 2.05) is 0 Å². The Hall–Kier alpha value is -1.62. The molecule has 0 heterocycles. The number of non-ortho nitro benzene ring substituents is 1. The fourth-order valence-electron chi connectivity index (χ4n) is 2.18. The Morgan fingerprint density at radius 3 is 2.24 bits per heavy atom. The Labute approximate surface area is 127 Å². The molecule has 1 rings (SSSR count). The lowest BCUT2D eigenvalue weighted by Crippen LogP contribution is -2.23. The summed E-state index contributed by atoms with van der Waals surface area (Å²) in [5.74, 6) is 0.698. The number of hydrogen-bond donors (Lipinski definition) is 0. The van der Waals surface area contributed by atoms with E-state index in [9.17, 15) is 10.1 Å². The van der Waals surface area contributed by atoms with E-state index in [0.717, 1.165) is 25.9 Å². The van der Waals surface area contributed by atoms with Gasteiger partial charge in [-0.2, -0.15) is 0 Å². The number of ether oxygens (including phenoxy) is 1. The van der Waals surface area contributed by atoms with Gasteiger partial charge in [0.25, 0.3) is 5.69 Å². The Bertz CT molecular complexity index is 402. The molecule has 0 radical (unpaired) electrons. The van der Waals surface area contributed by atoms with Crippen molar-refractivity contribution in [2.45, 2.75) is 39.5 Å². The Morgan fingerprint density at radius 1 is 1.05 bits per heavy atom. The zero-order chi connectivity index (χ0) is 15.5. The first-order chi connectivity index (χ1) is 10.2. The van der Waals surface area contributed by atoms with Crippen molar-refractivity contribution in [2.24, 2.45) is 0 Å². The monoisotopic (exact) mass is 294 g/mol. The minimum atomic E-state index is -0.403. The van der Waals surface area contributed by atoms with Gasteiger partial charge in [0, 0.05) is 12.1 Å². The highest BCUT2D eigenvalue weighted by Gasteiger charge is 2.04. The first-order valence-corrected chi connectivity index (χ1v) is 7.77. The van der Waals surface area contributed by atoms with Crippen LogP contribution in [0.15, 0.2) is 24.3 Å². The van der Waals surface area contributed by atoms with E-state index in [4.69, 9.17) is 4.74 Å². The molecular weight excluding hydrogens is 268 g/mol. The largest absolute Gasteiger partial charge is 0.494 e. The van der Waals surface area contributed by atoms with Crippen LogP contribution in [0.2, 0.25) is 0 Å². The average molecular weight is 294 g/mol. The van der Waals surface area contributed by atoms with Crippen LogP contribution in [0.1, 0.15) is 39.5 Å². The molecule has 0 aliphatic heterocycles. The van der Waals surface area contributed by atoms with Crippen molar-refractivity contribution in [1.29, 1.82) is 0 Å². The average Bonchev–Trinajstić information content (AvgIpc) is 2.50. The fraction of sp³-hybridized carbons (Fsp3) is 0.625. The highest BCUT2D eigenvalue weighted by molar-refractivity contribution is 5.35. The van der Waals surface area contributed by atoms with Crippen molar-refractivity contribution in [1.82, 2.24) is 4.90 Å². The summed E-state index contributed by atoms with van der Waals surface area (Å²) >= 11 is 0. The van der Waals surface area contributed by atoms with E-state index in [2.05, 4.69) is 18.7 Å². The van der Waals surface area contributed by atoms with Crippen LogP contribution in [-0.2, 0) is 0 Å². The van der Waals surface area contributed by atoms with Gasteiger partial charge in [-0.1, -0.05) is 26.7 Å². The van der Waals surface area contributed by atoms with Gasteiger partial charge in [0.2, 0.25) is 0 Å². The molecule has 1 aromatic rings. The Balaban J connectivity index is 2.07. The van der Waals surface area contributed by atoms with Crippen LogP contribution in [0.3, 0.4) is 0 Å². The summed E-state index contributed by atoms with van der Waals surface area (Å²) in [4.78, 5) is 12.6. The molecule has 0 saturated carbocycles. The zero-order valence-corrected chi connectivity index (χ0v) is 13.1. The third-order valence-electron chi connectivity index (χ3n) is 3.58. The Kier molecular flexibility index (Phi) is 8.43. The van der Waals surface area contributed by atoms with Crippen LogP contribution in [0.4, 0.5) is 5.69 Å². The van der Waals surface area contributed by atoms with Crippen molar-refractivity contribution >= 4 is 5.69 Å². The van der Waals surface area contributed by atoms with Gasteiger partial charge in [0.05, 0.1) is 11.5 Å². The third-order valence-corrected chi connectivity index (χ3v) is 3.58. The SMILES string of the molecule is CCN(CC)CCCCCCOc1ccc([N+](=O)[O-])cc1. The van der Waals surface area contributed by atoms with Crippen LogP contribution in [0.5, 0.6) is 5.75 Å². The quantitative estimate of drug-likeness (QED) is 0.353. The van der Waals surface area contributed by atoms with E-state index in [-0.39, 0.29) is 5.69 Å². The van der Waals surface area contributed by atoms with Gasteiger partial charge in [-0.15, -0.1) is 0 Å². The van der Waals surface area contributed by atoms with Gasteiger partial charge in [0.1, 0.15) is 5.75 Å². The molecule has 0 saturated heterocycles. The molecule has 0 amide bonds. The first kappa shape index (κ1) is 17.4. The van der Waals surface area contributed by atoms with Gasteiger partial charge in [-0.3, -0.25) is 10.1 Å². The van der Waals surface area contributed by atoms with Crippen LogP contribution >= 0.6 is 0 Å². The first-order valence-electron chi connectivity index (χ1n) is 7.77. The molecular formula is C16H26N2O3. The van der Waals surface area contributed by atoms with Crippen LogP contribution in [0.25, 0.3) is 0 Å². The number of nitrogens with zero attached hydrogens (tertiary/aromatic N) is 2. The summed E-state index contributed by atoms with van der Waals surface area (Å²) in [6, 6.07) is 6.25. The number of hydrogen-bond acceptors (Lipinski definition) is 4. The van der Waals surface area contributed by atoms with Crippen molar-refractivity contribution in [3.63, 3.8) is 0 Å². The molecule has 0 unspecified atom stereocenters. The van der Waals surface area contributed by atoms with Crippen molar-refractivity contribution in [2.75, 3.05) is 26.2 Å². The minimum absolute atomic E-state index is 0.0961. The van der Waals surface area contributed by atoms with Crippen LogP contribution < -0.4 is 4.74 Å². The van der Waals surface area contributed by atoms with Gasteiger partial charge in [-0.25, -0.2) is 0 Å². The minimum Gasteiger partial charge on any atom is -0.494 e.